The second-order valence-electron chi connectivity index (χ2n) is 4.23. The number of aromatic nitrogens is 4. The summed E-state index contributed by atoms with van der Waals surface area (Å²) >= 11 is 0. The lowest BCUT2D eigenvalue weighted by Gasteiger charge is -2.13. The van der Waals surface area contributed by atoms with Crippen molar-refractivity contribution in [2.45, 2.75) is 32.2 Å². The highest BCUT2D eigenvalue weighted by atomic mass is 16.5. The van der Waals surface area contributed by atoms with Gasteiger partial charge in [0.05, 0.1) is 17.7 Å². The molecule has 0 amide bonds. The van der Waals surface area contributed by atoms with Crippen LogP contribution in [0.25, 0.3) is 11.4 Å². The molecule has 0 saturated heterocycles. The molecule has 2 unspecified atom stereocenters. The highest BCUT2D eigenvalue weighted by molar-refractivity contribution is 5.51. The van der Waals surface area contributed by atoms with Gasteiger partial charge in [0.15, 0.2) is 0 Å². The molecule has 0 saturated carbocycles. The summed E-state index contributed by atoms with van der Waals surface area (Å²) in [5.41, 5.74) is 6.74. The van der Waals surface area contributed by atoms with Gasteiger partial charge in [-0.25, -0.2) is 0 Å². The van der Waals surface area contributed by atoms with Crippen molar-refractivity contribution in [1.82, 2.24) is 19.9 Å². The van der Waals surface area contributed by atoms with Crippen LogP contribution in [0.15, 0.2) is 16.9 Å². The quantitative estimate of drug-likeness (QED) is 0.863. The van der Waals surface area contributed by atoms with E-state index in [0.717, 1.165) is 12.0 Å². The average molecular weight is 235 g/mol. The fourth-order valence-electron chi connectivity index (χ4n) is 1.81. The van der Waals surface area contributed by atoms with Crippen molar-refractivity contribution in [2.75, 3.05) is 0 Å². The number of nitrogens with zero attached hydrogens (tertiary/aromatic N) is 4. The first kappa shape index (κ1) is 11.8. The molecule has 2 aromatic rings. The lowest BCUT2D eigenvalue weighted by molar-refractivity contribution is 0.334. The van der Waals surface area contributed by atoms with Crippen LogP contribution in [-0.4, -0.2) is 26.0 Å². The van der Waals surface area contributed by atoms with Crippen molar-refractivity contribution >= 4 is 0 Å². The molecule has 0 bridgehead atoms. The summed E-state index contributed by atoms with van der Waals surface area (Å²) in [6, 6.07) is 0.00204. The van der Waals surface area contributed by atoms with Gasteiger partial charge in [-0.05, 0) is 13.3 Å². The Bertz CT molecular complexity index is 488. The fourth-order valence-corrected chi connectivity index (χ4v) is 1.81. The maximum absolute atomic E-state index is 5.89. The standard InChI is InChI=1S/C11H17N5O/c1-4-9(7(2)12)11-14-10(15-17-11)8-5-13-16(3)6-8/h5-7,9H,4,12H2,1-3H3. The number of hydrogen-bond acceptors (Lipinski definition) is 5. The molecule has 2 rings (SSSR count). The van der Waals surface area contributed by atoms with E-state index in [1.165, 1.54) is 0 Å². The number of rotatable bonds is 4. The first-order chi connectivity index (χ1) is 8.11. The fraction of sp³-hybridized carbons (Fsp3) is 0.545. The summed E-state index contributed by atoms with van der Waals surface area (Å²) in [6.45, 7) is 4.00. The normalized spacial score (nSPS) is 14.8. The van der Waals surface area contributed by atoms with Gasteiger partial charge < -0.3 is 10.3 Å². The Morgan fingerprint density at radius 2 is 2.29 bits per heavy atom. The summed E-state index contributed by atoms with van der Waals surface area (Å²) in [5.74, 6) is 1.27. The van der Waals surface area contributed by atoms with Crippen LogP contribution < -0.4 is 5.73 Å². The van der Waals surface area contributed by atoms with Crippen LogP contribution >= 0.6 is 0 Å². The predicted molar refractivity (Wildman–Crippen MR) is 63.2 cm³/mol. The zero-order valence-corrected chi connectivity index (χ0v) is 10.3. The van der Waals surface area contributed by atoms with E-state index in [1.807, 2.05) is 20.2 Å². The van der Waals surface area contributed by atoms with Gasteiger partial charge in [0.25, 0.3) is 0 Å². The van der Waals surface area contributed by atoms with Crippen LogP contribution in [0.2, 0.25) is 0 Å². The van der Waals surface area contributed by atoms with E-state index < -0.39 is 0 Å². The molecule has 6 heteroatoms. The van der Waals surface area contributed by atoms with Gasteiger partial charge in [-0.1, -0.05) is 12.1 Å². The Labute approximate surface area is 99.8 Å². The van der Waals surface area contributed by atoms with E-state index in [1.54, 1.807) is 10.9 Å². The third-order valence-electron chi connectivity index (χ3n) is 2.80. The molecule has 6 nitrogen and oxygen atoms in total. The minimum Gasteiger partial charge on any atom is -0.339 e. The molecule has 2 aromatic heterocycles. The minimum absolute atomic E-state index is 0.00204. The monoisotopic (exact) mass is 235 g/mol. The van der Waals surface area contributed by atoms with Gasteiger partial charge in [0.2, 0.25) is 11.7 Å². The lowest BCUT2D eigenvalue weighted by Crippen LogP contribution is -2.24. The Kier molecular flexibility index (Phi) is 3.23. The van der Waals surface area contributed by atoms with E-state index >= 15 is 0 Å². The first-order valence-electron chi connectivity index (χ1n) is 5.70. The van der Waals surface area contributed by atoms with E-state index in [-0.39, 0.29) is 12.0 Å². The summed E-state index contributed by atoms with van der Waals surface area (Å²) in [6.07, 6.45) is 4.44. The summed E-state index contributed by atoms with van der Waals surface area (Å²) in [5, 5.41) is 8.03. The van der Waals surface area contributed by atoms with Gasteiger partial charge in [0.1, 0.15) is 0 Å². The topological polar surface area (TPSA) is 82.8 Å². The molecule has 0 aromatic carbocycles. The largest absolute Gasteiger partial charge is 0.339 e. The van der Waals surface area contributed by atoms with E-state index in [0.29, 0.717) is 11.7 Å². The van der Waals surface area contributed by atoms with Crippen LogP contribution in [0, 0.1) is 0 Å². The molecular weight excluding hydrogens is 218 g/mol. The Balaban J connectivity index is 2.26. The number of aryl methyl sites for hydroxylation is 1. The lowest BCUT2D eigenvalue weighted by atomic mass is 9.99. The molecule has 0 aliphatic carbocycles. The second-order valence-corrected chi connectivity index (χ2v) is 4.23. The Morgan fingerprint density at radius 1 is 1.53 bits per heavy atom. The third kappa shape index (κ3) is 2.36. The molecule has 2 N–H and O–H groups in total. The first-order valence-corrected chi connectivity index (χ1v) is 5.70. The zero-order chi connectivity index (χ0) is 12.4. The highest BCUT2D eigenvalue weighted by Gasteiger charge is 2.21. The molecule has 0 aliphatic heterocycles. The Hall–Kier alpha value is -1.69. The minimum atomic E-state index is 0.00204. The molecule has 17 heavy (non-hydrogen) atoms. The van der Waals surface area contributed by atoms with Crippen LogP contribution in [0.4, 0.5) is 0 Å². The maximum atomic E-state index is 5.89. The van der Waals surface area contributed by atoms with Gasteiger partial charge >= 0.3 is 0 Å². The predicted octanol–water partition coefficient (Wildman–Crippen LogP) is 1.31. The highest BCUT2D eigenvalue weighted by Crippen LogP contribution is 2.23. The van der Waals surface area contributed by atoms with E-state index in [9.17, 15) is 0 Å². The van der Waals surface area contributed by atoms with Crippen molar-refractivity contribution in [2.24, 2.45) is 12.8 Å². The number of hydrogen-bond donors (Lipinski definition) is 1. The Morgan fingerprint density at radius 3 is 2.82 bits per heavy atom. The van der Waals surface area contributed by atoms with Crippen molar-refractivity contribution in [1.29, 1.82) is 0 Å². The van der Waals surface area contributed by atoms with Crippen molar-refractivity contribution < 1.29 is 4.52 Å². The molecule has 2 atom stereocenters. The van der Waals surface area contributed by atoms with Gasteiger partial charge in [-0.15, -0.1) is 0 Å². The number of nitrogens with two attached hydrogens (primary N) is 1. The van der Waals surface area contributed by atoms with Crippen molar-refractivity contribution in [3.63, 3.8) is 0 Å². The molecule has 0 aliphatic rings. The summed E-state index contributed by atoms with van der Waals surface area (Å²) in [4.78, 5) is 4.38. The van der Waals surface area contributed by atoms with Gasteiger partial charge in [-0.2, -0.15) is 10.1 Å². The van der Waals surface area contributed by atoms with Crippen LogP contribution in [-0.2, 0) is 7.05 Å². The molecule has 2 heterocycles. The van der Waals surface area contributed by atoms with Crippen molar-refractivity contribution in [3.8, 4) is 11.4 Å². The molecule has 0 spiro atoms. The van der Waals surface area contributed by atoms with Crippen LogP contribution in [0.1, 0.15) is 32.1 Å². The SMILES string of the molecule is CCC(c1nc(-c2cnn(C)c2)no1)C(C)N. The molecule has 0 fully saturated rings. The zero-order valence-electron chi connectivity index (χ0n) is 10.3. The second kappa shape index (κ2) is 4.67. The maximum Gasteiger partial charge on any atom is 0.231 e. The van der Waals surface area contributed by atoms with Gasteiger partial charge in [-0.3, -0.25) is 4.68 Å². The van der Waals surface area contributed by atoms with E-state index in [4.69, 9.17) is 10.3 Å². The summed E-state index contributed by atoms with van der Waals surface area (Å²) in [7, 11) is 1.85. The smallest absolute Gasteiger partial charge is 0.231 e. The summed E-state index contributed by atoms with van der Waals surface area (Å²) < 4.78 is 6.97. The molecular formula is C11H17N5O. The van der Waals surface area contributed by atoms with Crippen molar-refractivity contribution in [3.05, 3.63) is 18.3 Å². The average Bonchev–Trinajstić information content (AvgIpc) is 2.87. The van der Waals surface area contributed by atoms with Gasteiger partial charge in [0, 0.05) is 19.3 Å². The third-order valence-corrected chi connectivity index (χ3v) is 2.80. The molecule has 0 radical (unpaired) electrons. The molecule has 92 valence electrons. The van der Waals surface area contributed by atoms with Crippen LogP contribution in [0.5, 0.6) is 0 Å². The van der Waals surface area contributed by atoms with E-state index in [2.05, 4.69) is 22.2 Å². The van der Waals surface area contributed by atoms with Crippen LogP contribution in [0.3, 0.4) is 0 Å².